The maximum atomic E-state index is 13.4. The fourth-order valence-corrected chi connectivity index (χ4v) is 3.77. The topological polar surface area (TPSA) is 170 Å². The summed E-state index contributed by atoms with van der Waals surface area (Å²) in [6.07, 6.45) is 1.49. The molecule has 3 rings (SSSR count). The summed E-state index contributed by atoms with van der Waals surface area (Å²) < 4.78 is 18.4. The van der Waals surface area contributed by atoms with E-state index in [9.17, 15) is 18.8 Å². The van der Waals surface area contributed by atoms with Gasteiger partial charge < -0.3 is 26.2 Å². The van der Waals surface area contributed by atoms with E-state index >= 15 is 0 Å². The van der Waals surface area contributed by atoms with Gasteiger partial charge in [0.1, 0.15) is 22.6 Å². The molecule has 33 heavy (non-hydrogen) atoms. The number of anilines is 3. The molecule has 0 saturated carbocycles. The number of nitrogens with two attached hydrogens (primary N) is 2. The molecule has 1 atom stereocenters. The quantitative estimate of drug-likeness (QED) is 0.310. The van der Waals surface area contributed by atoms with Crippen molar-refractivity contribution in [3.8, 4) is 0 Å². The van der Waals surface area contributed by atoms with E-state index in [1.54, 1.807) is 7.05 Å². The van der Waals surface area contributed by atoms with Crippen LogP contribution in [0.3, 0.4) is 0 Å². The summed E-state index contributed by atoms with van der Waals surface area (Å²) in [5.41, 5.74) is 11.8. The molecule has 2 heterocycles. The summed E-state index contributed by atoms with van der Waals surface area (Å²) >= 11 is 0.883. The number of hydrogen-bond acceptors (Lipinski definition) is 10. The standard InChI is InChI=1S/C20H20FN7O4S/c1-10(18(23)30)28(12-5-3-11(21)4-6-12)20-26-17(22)16(33-20)15(29)14-9-13(27-32-14)19(31)25-8-7-24-2/h3-7,9-10H,8,22H2,1-2H3,(H2,23,30)(H,25,31)/b24-7-. The number of carbonyl (C=O) groups is 3. The second-order valence-electron chi connectivity index (χ2n) is 6.69. The highest BCUT2D eigenvalue weighted by Crippen LogP contribution is 2.36. The van der Waals surface area contributed by atoms with Crippen LogP contribution in [0.15, 0.2) is 39.8 Å². The number of hydrogen-bond donors (Lipinski definition) is 3. The van der Waals surface area contributed by atoms with Gasteiger partial charge in [-0.2, -0.15) is 0 Å². The lowest BCUT2D eigenvalue weighted by molar-refractivity contribution is -0.118. The van der Waals surface area contributed by atoms with Crippen LogP contribution in [-0.2, 0) is 4.79 Å². The van der Waals surface area contributed by atoms with Crippen LogP contribution in [0.2, 0.25) is 0 Å². The molecule has 0 aliphatic rings. The number of primary amides is 1. The van der Waals surface area contributed by atoms with Gasteiger partial charge in [-0.15, -0.1) is 0 Å². The third-order valence-electron chi connectivity index (χ3n) is 4.46. The number of benzene rings is 1. The zero-order valence-electron chi connectivity index (χ0n) is 17.6. The molecule has 1 unspecified atom stereocenters. The Morgan fingerprint density at radius 3 is 2.67 bits per heavy atom. The van der Waals surface area contributed by atoms with Gasteiger partial charge in [0.05, 0.1) is 6.54 Å². The average Bonchev–Trinajstić information content (AvgIpc) is 3.42. The van der Waals surface area contributed by atoms with Crippen molar-refractivity contribution in [3.05, 3.63) is 52.5 Å². The Morgan fingerprint density at radius 2 is 2.03 bits per heavy atom. The third-order valence-corrected chi connectivity index (χ3v) is 5.53. The lowest BCUT2D eigenvalue weighted by atomic mass is 10.2. The predicted molar refractivity (Wildman–Crippen MR) is 120 cm³/mol. The van der Waals surface area contributed by atoms with Gasteiger partial charge in [-0.05, 0) is 31.2 Å². The van der Waals surface area contributed by atoms with E-state index < -0.39 is 29.5 Å². The average molecular weight is 473 g/mol. The Kier molecular flexibility index (Phi) is 7.13. The van der Waals surface area contributed by atoms with E-state index in [2.05, 4.69) is 20.4 Å². The predicted octanol–water partition coefficient (Wildman–Crippen LogP) is 1.53. The Labute approximate surface area is 191 Å². The van der Waals surface area contributed by atoms with Crippen LogP contribution in [0.4, 0.5) is 21.0 Å². The van der Waals surface area contributed by atoms with E-state index in [0.29, 0.717) is 5.69 Å². The molecule has 0 spiro atoms. The van der Waals surface area contributed by atoms with Crippen LogP contribution < -0.4 is 21.7 Å². The minimum Gasteiger partial charge on any atom is -0.382 e. The number of nitrogens with zero attached hydrogens (tertiary/aromatic N) is 4. The molecule has 0 radical (unpaired) electrons. The van der Waals surface area contributed by atoms with Gasteiger partial charge in [0.15, 0.2) is 10.8 Å². The lowest BCUT2D eigenvalue weighted by Gasteiger charge is -2.26. The summed E-state index contributed by atoms with van der Waals surface area (Å²) in [7, 11) is 1.56. The summed E-state index contributed by atoms with van der Waals surface area (Å²) in [5, 5.41) is 6.32. The van der Waals surface area contributed by atoms with Gasteiger partial charge in [-0.3, -0.25) is 19.4 Å². The SMILES string of the molecule is C/N=C\CNC(=O)c1cc(C(=O)c2sc(N(c3ccc(F)cc3)C(C)C(N)=O)nc2N)on1. The first-order valence-corrected chi connectivity index (χ1v) is 10.3. The van der Waals surface area contributed by atoms with Crippen molar-refractivity contribution in [3.63, 3.8) is 0 Å². The number of ketones is 1. The highest BCUT2D eigenvalue weighted by molar-refractivity contribution is 7.18. The normalized spacial score (nSPS) is 12.0. The molecule has 5 N–H and O–H groups in total. The monoisotopic (exact) mass is 473 g/mol. The van der Waals surface area contributed by atoms with Crippen LogP contribution in [0, 0.1) is 5.82 Å². The highest BCUT2D eigenvalue weighted by atomic mass is 32.1. The zero-order valence-corrected chi connectivity index (χ0v) is 18.4. The number of amides is 2. The summed E-state index contributed by atoms with van der Waals surface area (Å²) in [4.78, 5) is 46.2. The van der Waals surface area contributed by atoms with Gasteiger partial charge in [0, 0.05) is 25.0 Å². The molecular formula is C20H20FN7O4S. The highest BCUT2D eigenvalue weighted by Gasteiger charge is 2.29. The van der Waals surface area contributed by atoms with Gasteiger partial charge in [-0.25, -0.2) is 9.37 Å². The van der Waals surface area contributed by atoms with Crippen molar-refractivity contribution in [1.82, 2.24) is 15.5 Å². The number of aromatic nitrogens is 2. The van der Waals surface area contributed by atoms with Crippen molar-refractivity contribution in [2.75, 3.05) is 24.2 Å². The number of carbonyl (C=O) groups excluding carboxylic acids is 3. The van der Waals surface area contributed by atoms with Gasteiger partial charge in [-0.1, -0.05) is 16.5 Å². The molecule has 0 aliphatic carbocycles. The van der Waals surface area contributed by atoms with Gasteiger partial charge in [0.25, 0.3) is 5.91 Å². The maximum absolute atomic E-state index is 13.4. The molecule has 0 saturated heterocycles. The fraction of sp³-hybridized carbons (Fsp3) is 0.200. The molecule has 1 aromatic carbocycles. The molecule has 11 nitrogen and oxygen atoms in total. The maximum Gasteiger partial charge on any atom is 0.273 e. The molecule has 0 aliphatic heterocycles. The van der Waals surface area contributed by atoms with Crippen LogP contribution in [-0.4, -0.2) is 53.6 Å². The van der Waals surface area contributed by atoms with Crippen LogP contribution in [0.5, 0.6) is 0 Å². The first kappa shape index (κ1) is 23.5. The second-order valence-corrected chi connectivity index (χ2v) is 7.67. The van der Waals surface area contributed by atoms with E-state index in [1.807, 2.05) is 0 Å². The number of halogens is 1. The van der Waals surface area contributed by atoms with Gasteiger partial charge in [0.2, 0.25) is 17.5 Å². The summed E-state index contributed by atoms with van der Waals surface area (Å²) in [6, 6.07) is 5.62. The van der Waals surface area contributed by atoms with Crippen molar-refractivity contribution in [1.29, 1.82) is 0 Å². The number of nitrogen functional groups attached to an aromatic ring is 1. The van der Waals surface area contributed by atoms with Crippen molar-refractivity contribution in [2.24, 2.45) is 10.7 Å². The molecule has 3 aromatic rings. The number of aliphatic imine (C=N–C) groups is 1. The van der Waals surface area contributed by atoms with E-state index in [0.717, 1.165) is 11.3 Å². The number of rotatable bonds is 9. The van der Waals surface area contributed by atoms with Crippen LogP contribution >= 0.6 is 11.3 Å². The fourth-order valence-electron chi connectivity index (χ4n) is 2.74. The number of thiazole rings is 1. The van der Waals surface area contributed by atoms with E-state index in [1.165, 1.54) is 48.4 Å². The molecule has 0 bridgehead atoms. The molecule has 2 aromatic heterocycles. The molecule has 2 amide bonds. The Balaban J connectivity index is 1.90. The summed E-state index contributed by atoms with van der Waals surface area (Å²) in [6.45, 7) is 1.73. The van der Waals surface area contributed by atoms with Crippen LogP contribution in [0.1, 0.15) is 32.8 Å². The Hall–Kier alpha value is -4.13. The smallest absolute Gasteiger partial charge is 0.273 e. The number of nitrogens with one attached hydrogen (secondary N) is 1. The first-order valence-electron chi connectivity index (χ1n) is 9.53. The molecule has 0 fully saturated rings. The van der Waals surface area contributed by atoms with Crippen LogP contribution in [0.25, 0.3) is 0 Å². The zero-order chi connectivity index (χ0) is 24.1. The molecule has 13 heteroatoms. The van der Waals surface area contributed by atoms with Crippen molar-refractivity contribution < 1.29 is 23.3 Å². The second kappa shape index (κ2) is 9.99. The molecule has 172 valence electrons. The molecular weight excluding hydrogens is 453 g/mol. The minimum absolute atomic E-state index is 0.00927. The van der Waals surface area contributed by atoms with Crippen molar-refractivity contribution in [2.45, 2.75) is 13.0 Å². The van der Waals surface area contributed by atoms with E-state index in [4.69, 9.17) is 16.0 Å². The summed E-state index contributed by atoms with van der Waals surface area (Å²) in [5.74, 6) is -2.67. The third kappa shape index (κ3) is 5.20. The Bertz CT molecular complexity index is 1210. The van der Waals surface area contributed by atoms with Gasteiger partial charge >= 0.3 is 0 Å². The van der Waals surface area contributed by atoms with Crippen molar-refractivity contribution >= 4 is 51.8 Å². The first-order chi connectivity index (χ1) is 15.7. The van der Waals surface area contributed by atoms with E-state index in [-0.39, 0.29) is 33.8 Å². The Morgan fingerprint density at radius 1 is 1.33 bits per heavy atom. The minimum atomic E-state index is -0.879. The largest absolute Gasteiger partial charge is 0.382 e. The lowest BCUT2D eigenvalue weighted by Crippen LogP contribution is -2.39.